The van der Waals surface area contributed by atoms with Crippen molar-refractivity contribution >= 4 is 40.2 Å². The highest BCUT2D eigenvalue weighted by Gasteiger charge is 2.17. The maximum atomic E-state index is 12.3. The minimum atomic E-state index is -0.122. The minimum absolute atomic E-state index is 0.101. The van der Waals surface area contributed by atoms with Crippen molar-refractivity contribution in [2.24, 2.45) is 0 Å². The number of nitrogens with one attached hydrogen (secondary N) is 4. The molecule has 0 radical (unpaired) electrons. The van der Waals surface area contributed by atoms with Gasteiger partial charge in [0.2, 0.25) is 0 Å². The van der Waals surface area contributed by atoms with Gasteiger partial charge in [0, 0.05) is 61.3 Å². The van der Waals surface area contributed by atoms with Gasteiger partial charge in [0.05, 0.1) is 16.8 Å². The molecule has 0 aliphatic heterocycles. The molecule has 3 aromatic heterocycles. The van der Waals surface area contributed by atoms with E-state index < -0.39 is 0 Å². The van der Waals surface area contributed by atoms with Crippen LogP contribution in [0.2, 0.25) is 0 Å². The number of rotatable bonds is 11. The van der Waals surface area contributed by atoms with Crippen LogP contribution in [0.5, 0.6) is 0 Å². The Labute approximate surface area is 215 Å². The van der Waals surface area contributed by atoms with Crippen molar-refractivity contribution in [3.8, 4) is 11.3 Å². The normalized spacial score (nSPS) is 11.8. The molecule has 1 amide bonds. The standard InChI is InChI=1S/C26H30N8OS/c1-27-11-12-29-23-8-7-17(14-31-23)21-13-24(34-16-33-21)32-15-22(36-3)20-6-4-5-18-19(26(35)28-2)9-10-30-25(18)20/h4-10,13-14,16,22,27H,11-12,15H2,1-3H3,(H,28,35)(H,29,31)(H,32,33,34). The number of carbonyl (C=O) groups is 1. The number of pyridine rings is 2. The quantitative estimate of drug-likeness (QED) is 0.228. The second-order valence-corrected chi connectivity index (χ2v) is 9.08. The molecule has 0 aliphatic carbocycles. The number of hydrogen-bond acceptors (Lipinski definition) is 9. The summed E-state index contributed by atoms with van der Waals surface area (Å²) in [6, 6.07) is 13.6. The molecule has 0 bridgehead atoms. The zero-order valence-electron chi connectivity index (χ0n) is 20.6. The first kappa shape index (κ1) is 25.3. The second-order valence-electron chi connectivity index (χ2n) is 8.04. The molecule has 4 rings (SSSR count). The number of fused-ring (bicyclic) bond motifs is 1. The van der Waals surface area contributed by atoms with Gasteiger partial charge < -0.3 is 21.3 Å². The summed E-state index contributed by atoms with van der Waals surface area (Å²) in [6.45, 7) is 2.31. The Hall–Kier alpha value is -3.76. The van der Waals surface area contributed by atoms with Crippen molar-refractivity contribution in [3.05, 3.63) is 72.3 Å². The number of thioether (sulfide) groups is 1. The van der Waals surface area contributed by atoms with Crippen molar-refractivity contribution in [1.29, 1.82) is 0 Å². The van der Waals surface area contributed by atoms with E-state index in [1.54, 1.807) is 37.4 Å². The third-order valence-electron chi connectivity index (χ3n) is 5.78. The zero-order chi connectivity index (χ0) is 25.3. The summed E-state index contributed by atoms with van der Waals surface area (Å²) >= 11 is 1.72. The molecule has 10 heteroatoms. The van der Waals surface area contributed by atoms with Crippen molar-refractivity contribution < 1.29 is 4.79 Å². The van der Waals surface area contributed by atoms with Gasteiger partial charge in [-0.2, -0.15) is 11.8 Å². The van der Waals surface area contributed by atoms with Gasteiger partial charge in [0.15, 0.2) is 0 Å². The summed E-state index contributed by atoms with van der Waals surface area (Å²) in [6.07, 6.45) is 7.12. The SMILES string of the molecule is CNCCNc1ccc(-c2cc(NCC(SC)c3cccc4c(C(=O)NC)ccnc34)ncn2)cn1. The van der Waals surface area contributed by atoms with Gasteiger partial charge in [-0.15, -0.1) is 0 Å². The molecule has 0 aliphatic rings. The Morgan fingerprint density at radius 2 is 1.86 bits per heavy atom. The van der Waals surface area contributed by atoms with Crippen LogP contribution in [0.4, 0.5) is 11.6 Å². The van der Waals surface area contributed by atoms with Crippen LogP contribution < -0.4 is 21.3 Å². The third-order valence-corrected chi connectivity index (χ3v) is 6.77. The molecular weight excluding hydrogens is 472 g/mol. The fourth-order valence-corrected chi connectivity index (χ4v) is 4.58. The van der Waals surface area contributed by atoms with E-state index in [0.29, 0.717) is 12.1 Å². The number of hydrogen-bond donors (Lipinski definition) is 4. The van der Waals surface area contributed by atoms with Crippen LogP contribution in [0.1, 0.15) is 21.2 Å². The van der Waals surface area contributed by atoms with E-state index in [2.05, 4.69) is 53.5 Å². The number of likely N-dealkylation sites (N-methyl/N-ethyl adjacent to an activating group) is 1. The van der Waals surface area contributed by atoms with Gasteiger partial charge in [-0.05, 0) is 37.1 Å². The van der Waals surface area contributed by atoms with E-state index in [1.165, 1.54) is 0 Å². The zero-order valence-corrected chi connectivity index (χ0v) is 21.4. The Morgan fingerprint density at radius 1 is 0.972 bits per heavy atom. The number of anilines is 2. The molecule has 9 nitrogen and oxygen atoms in total. The largest absolute Gasteiger partial charge is 0.369 e. The smallest absolute Gasteiger partial charge is 0.251 e. The maximum Gasteiger partial charge on any atom is 0.251 e. The predicted molar refractivity (Wildman–Crippen MR) is 148 cm³/mol. The van der Waals surface area contributed by atoms with Gasteiger partial charge in [-0.3, -0.25) is 9.78 Å². The average molecular weight is 503 g/mol. The lowest BCUT2D eigenvalue weighted by Gasteiger charge is -2.18. The van der Waals surface area contributed by atoms with Gasteiger partial charge in [0.25, 0.3) is 5.91 Å². The first-order chi connectivity index (χ1) is 17.6. The Balaban J connectivity index is 1.50. The van der Waals surface area contributed by atoms with Crippen molar-refractivity contribution in [1.82, 2.24) is 30.6 Å². The molecule has 0 saturated heterocycles. The molecule has 0 saturated carbocycles. The van der Waals surface area contributed by atoms with Crippen LogP contribution in [-0.2, 0) is 0 Å². The number of para-hydroxylation sites is 1. The summed E-state index contributed by atoms with van der Waals surface area (Å²) < 4.78 is 0. The van der Waals surface area contributed by atoms with Crippen LogP contribution in [0, 0.1) is 0 Å². The summed E-state index contributed by atoms with van der Waals surface area (Å²) in [5.74, 6) is 1.44. The molecule has 4 aromatic rings. The molecule has 0 spiro atoms. The number of nitrogens with zero attached hydrogens (tertiary/aromatic N) is 4. The van der Waals surface area contributed by atoms with E-state index in [0.717, 1.165) is 52.4 Å². The molecule has 4 N–H and O–H groups in total. The molecule has 36 heavy (non-hydrogen) atoms. The van der Waals surface area contributed by atoms with E-state index in [1.807, 2.05) is 43.6 Å². The van der Waals surface area contributed by atoms with Crippen molar-refractivity contribution in [2.45, 2.75) is 5.25 Å². The van der Waals surface area contributed by atoms with E-state index in [9.17, 15) is 4.79 Å². The topological polar surface area (TPSA) is 117 Å². The molecule has 3 heterocycles. The molecule has 186 valence electrons. The molecule has 1 atom stereocenters. The van der Waals surface area contributed by atoms with Crippen LogP contribution in [-0.4, -0.2) is 65.8 Å². The second kappa shape index (κ2) is 12.3. The fraction of sp³-hybridized carbons (Fsp3) is 0.269. The van der Waals surface area contributed by atoms with Crippen LogP contribution >= 0.6 is 11.8 Å². The first-order valence-corrected chi connectivity index (χ1v) is 13.0. The average Bonchev–Trinajstić information content (AvgIpc) is 2.93. The van der Waals surface area contributed by atoms with E-state index in [4.69, 9.17) is 0 Å². The lowest BCUT2D eigenvalue weighted by atomic mass is 10.0. The van der Waals surface area contributed by atoms with Gasteiger partial charge in [0.1, 0.15) is 18.0 Å². The van der Waals surface area contributed by atoms with Crippen LogP contribution in [0.25, 0.3) is 22.2 Å². The lowest BCUT2D eigenvalue weighted by molar-refractivity contribution is 0.0964. The van der Waals surface area contributed by atoms with E-state index in [-0.39, 0.29) is 11.2 Å². The molecular formula is C26H30N8OS. The predicted octanol–water partition coefficient (Wildman–Crippen LogP) is 3.59. The molecule has 0 fully saturated rings. The number of carbonyl (C=O) groups excluding carboxylic acids is 1. The maximum absolute atomic E-state index is 12.3. The van der Waals surface area contributed by atoms with E-state index >= 15 is 0 Å². The Kier molecular flexibility index (Phi) is 8.64. The van der Waals surface area contributed by atoms with Crippen LogP contribution in [0.3, 0.4) is 0 Å². The highest BCUT2D eigenvalue weighted by atomic mass is 32.2. The molecule has 1 unspecified atom stereocenters. The van der Waals surface area contributed by atoms with Gasteiger partial charge in [-0.1, -0.05) is 18.2 Å². The third kappa shape index (κ3) is 5.89. The monoisotopic (exact) mass is 502 g/mol. The number of benzene rings is 1. The molecule has 1 aromatic carbocycles. The summed E-state index contributed by atoms with van der Waals surface area (Å²) in [4.78, 5) is 30.2. The Bertz CT molecular complexity index is 1320. The lowest BCUT2D eigenvalue weighted by Crippen LogP contribution is -2.18. The number of amides is 1. The minimum Gasteiger partial charge on any atom is -0.369 e. The number of aromatic nitrogens is 4. The summed E-state index contributed by atoms with van der Waals surface area (Å²) in [7, 11) is 3.55. The van der Waals surface area contributed by atoms with Crippen molar-refractivity contribution in [3.63, 3.8) is 0 Å². The summed E-state index contributed by atoms with van der Waals surface area (Å²) in [5, 5.41) is 13.5. The first-order valence-electron chi connectivity index (χ1n) is 11.7. The Morgan fingerprint density at radius 3 is 2.61 bits per heavy atom. The van der Waals surface area contributed by atoms with Gasteiger partial charge >= 0.3 is 0 Å². The summed E-state index contributed by atoms with van der Waals surface area (Å²) in [5.41, 5.74) is 4.23. The van der Waals surface area contributed by atoms with Gasteiger partial charge in [-0.25, -0.2) is 15.0 Å². The fourth-order valence-electron chi connectivity index (χ4n) is 3.89. The van der Waals surface area contributed by atoms with Crippen LogP contribution in [0.15, 0.2) is 61.2 Å². The highest BCUT2D eigenvalue weighted by molar-refractivity contribution is 7.98. The van der Waals surface area contributed by atoms with Crippen molar-refractivity contribution in [2.75, 3.05) is 50.6 Å². The highest BCUT2D eigenvalue weighted by Crippen LogP contribution is 2.33.